The number of ether oxygens (including phenoxy) is 1. The second-order valence-electron chi connectivity index (χ2n) is 8.41. The number of benzene rings is 3. The standard InChI is InChI=1S/C27H21N5O3S/c1-16-11-12-24(35-2)22(13-16)31-25(34)18-8-4-6-10-21(18)32-26(31)29-30-27(32)36-15-23(33)19-14-28-20-9-5-3-7-17(19)20/h3-14,28H,15H2,1-2H3. The highest BCUT2D eigenvalue weighted by molar-refractivity contribution is 7.99. The Kier molecular flexibility index (Phi) is 5.34. The molecule has 36 heavy (non-hydrogen) atoms. The average Bonchev–Trinajstić information content (AvgIpc) is 3.52. The van der Waals surface area contributed by atoms with Crippen LogP contribution in [0.1, 0.15) is 15.9 Å². The van der Waals surface area contributed by atoms with Crippen LogP contribution in [0, 0.1) is 6.92 Å². The number of H-pyrrole nitrogens is 1. The van der Waals surface area contributed by atoms with E-state index in [2.05, 4.69) is 15.2 Å². The molecule has 6 aromatic rings. The number of aromatic amines is 1. The minimum Gasteiger partial charge on any atom is -0.495 e. The molecule has 0 unspecified atom stereocenters. The zero-order valence-electron chi connectivity index (χ0n) is 19.6. The lowest BCUT2D eigenvalue weighted by Gasteiger charge is -2.14. The van der Waals surface area contributed by atoms with Crippen molar-refractivity contribution < 1.29 is 9.53 Å². The number of nitrogens with one attached hydrogen (secondary N) is 1. The number of hydrogen-bond acceptors (Lipinski definition) is 6. The van der Waals surface area contributed by atoms with Gasteiger partial charge in [0.1, 0.15) is 5.75 Å². The van der Waals surface area contributed by atoms with Crippen LogP contribution in [0.25, 0.3) is 33.3 Å². The molecule has 3 heterocycles. The number of nitrogens with zero attached hydrogens (tertiary/aromatic N) is 4. The van der Waals surface area contributed by atoms with E-state index in [4.69, 9.17) is 4.74 Å². The van der Waals surface area contributed by atoms with Crippen molar-refractivity contribution in [3.8, 4) is 11.4 Å². The number of ketones is 1. The van der Waals surface area contributed by atoms with Crippen molar-refractivity contribution in [1.82, 2.24) is 24.1 Å². The molecule has 0 saturated heterocycles. The Hall–Kier alpha value is -4.37. The summed E-state index contributed by atoms with van der Waals surface area (Å²) in [6.45, 7) is 1.95. The van der Waals surface area contributed by atoms with Crippen LogP contribution < -0.4 is 10.3 Å². The number of carbonyl (C=O) groups is 1. The largest absolute Gasteiger partial charge is 0.495 e. The Bertz CT molecular complexity index is 1850. The first-order valence-corrected chi connectivity index (χ1v) is 12.3. The number of para-hydroxylation sites is 2. The summed E-state index contributed by atoms with van der Waals surface area (Å²) in [5.41, 5.74) is 3.56. The van der Waals surface area contributed by atoms with E-state index in [1.807, 2.05) is 72.0 Å². The Labute approximate surface area is 209 Å². The van der Waals surface area contributed by atoms with Gasteiger partial charge in [-0.1, -0.05) is 48.2 Å². The van der Waals surface area contributed by atoms with Crippen LogP contribution in [0.4, 0.5) is 0 Å². The van der Waals surface area contributed by atoms with Crippen LogP contribution in [0.3, 0.4) is 0 Å². The number of Topliss-reactive ketones (excluding diaryl/α,β-unsaturated/α-hetero) is 1. The third-order valence-electron chi connectivity index (χ3n) is 6.19. The number of thioether (sulfide) groups is 1. The summed E-state index contributed by atoms with van der Waals surface area (Å²) in [5.74, 6) is 1.05. The van der Waals surface area contributed by atoms with Gasteiger partial charge < -0.3 is 9.72 Å². The molecule has 1 N–H and O–H groups in total. The highest BCUT2D eigenvalue weighted by Gasteiger charge is 2.21. The summed E-state index contributed by atoms with van der Waals surface area (Å²) in [6.07, 6.45) is 1.74. The number of aromatic nitrogens is 5. The monoisotopic (exact) mass is 495 g/mol. The molecule has 3 aromatic carbocycles. The van der Waals surface area contributed by atoms with Crippen LogP contribution in [0.2, 0.25) is 0 Å². The van der Waals surface area contributed by atoms with E-state index in [1.165, 1.54) is 16.3 Å². The van der Waals surface area contributed by atoms with E-state index in [-0.39, 0.29) is 17.1 Å². The Morgan fingerprint density at radius 2 is 1.81 bits per heavy atom. The molecule has 0 bridgehead atoms. The molecule has 9 heteroatoms. The third-order valence-corrected chi connectivity index (χ3v) is 7.12. The zero-order chi connectivity index (χ0) is 24.8. The van der Waals surface area contributed by atoms with Gasteiger partial charge in [0.05, 0.1) is 29.5 Å². The number of carbonyl (C=O) groups excluding carboxylic acids is 1. The minimum atomic E-state index is -0.221. The average molecular weight is 496 g/mol. The van der Waals surface area contributed by atoms with Gasteiger partial charge in [-0.15, -0.1) is 10.2 Å². The van der Waals surface area contributed by atoms with E-state index < -0.39 is 0 Å². The first kappa shape index (κ1) is 22.1. The fourth-order valence-electron chi connectivity index (χ4n) is 4.47. The van der Waals surface area contributed by atoms with Crippen molar-refractivity contribution in [3.05, 3.63) is 94.4 Å². The van der Waals surface area contributed by atoms with Gasteiger partial charge in [0.25, 0.3) is 5.56 Å². The second-order valence-corrected chi connectivity index (χ2v) is 9.35. The summed E-state index contributed by atoms with van der Waals surface area (Å²) in [7, 11) is 1.57. The first-order valence-electron chi connectivity index (χ1n) is 11.3. The predicted molar refractivity (Wildman–Crippen MR) is 141 cm³/mol. The molecular formula is C27H21N5O3S. The fourth-order valence-corrected chi connectivity index (χ4v) is 5.30. The maximum absolute atomic E-state index is 13.6. The smallest absolute Gasteiger partial charge is 0.267 e. The molecule has 0 amide bonds. The van der Waals surface area contributed by atoms with Gasteiger partial charge in [-0.2, -0.15) is 0 Å². The Morgan fingerprint density at radius 3 is 2.64 bits per heavy atom. The number of hydrogen-bond donors (Lipinski definition) is 1. The van der Waals surface area contributed by atoms with Crippen LogP contribution in [-0.2, 0) is 0 Å². The van der Waals surface area contributed by atoms with E-state index in [0.29, 0.717) is 38.8 Å². The molecule has 0 fully saturated rings. The van der Waals surface area contributed by atoms with Gasteiger partial charge in [0.2, 0.25) is 5.78 Å². The lowest BCUT2D eigenvalue weighted by molar-refractivity contribution is 0.102. The van der Waals surface area contributed by atoms with Gasteiger partial charge in [0, 0.05) is 22.7 Å². The molecule has 0 aliphatic carbocycles. The molecule has 3 aromatic heterocycles. The minimum absolute atomic E-state index is 0.0211. The summed E-state index contributed by atoms with van der Waals surface area (Å²) in [4.78, 5) is 29.9. The van der Waals surface area contributed by atoms with E-state index in [1.54, 1.807) is 19.4 Å². The predicted octanol–water partition coefficient (Wildman–Crippen LogP) is 4.81. The molecule has 0 saturated carbocycles. The molecule has 8 nitrogen and oxygen atoms in total. The molecular weight excluding hydrogens is 474 g/mol. The number of rotatable bonds is 6. The highest BCUT2D eigenvalue weighted by atomic mass is 32.2. The van der Waals surface area contributed by atoms with Crippen molar-refractivity contribution in [3.63, 3.8) is 0 Å². The summed E-state index contributed by atoms with van der Waals surface area (Å²) >= 11 is 1.29. The van der Waals surface area contributed by atoms with Crippen LogP contribution in [0.5, 0.6) is 5.75 Å². The van der Waals surface area contributed by atoms with Crippen molar-refractivity contribution in [2.24, 2.45) is 0 Å². The van der Waals surface area contributed by atoms with Gasteiger partial charge in [-0.3, -0.25) is 14.0 Å². The SMILES string of the molecule is COc1ccc(C)cc1-n1c(=O)c2ccccc2n2c(SCC(=O)c3c[nH]c4ccccc34)nnc12. The molecule has 6 rings (SSSR count). The number of aryl methyl sites for hydroxylation is 1. The highest BCUT2D eigenvalue weighted by Crippen LogP contribution is 2.28. The van der Waals surface area contributed by atoms with Gasteiger partial charge in [0.15, 0.2) is 10.9 Å². The molecule has 178 valence electrons. The van der Waals surface area contributed by atoms with Gasteiger partial charge in [-0.05, 0) is 42.8 Å². The van der Waals surface area contributed by atoms with Crippen molar-refractivity contribution >= 4 is 45.1 Å². The molecule has 0 aliphatic heterocycles. The maximum atomic E-state index is 13.6. The van der Waals surface area contributed by atoms with E-state index >= 15 is 0 Å². The Morgan fingerprint density at radius 1 is 1.03 bits per heavy atom. The third kappa shape index (κ3) is 3.47. The van der Waals surface area contributed by atoms with Crippen LogP contribution >= 0.6 is 11.8 Å². The molecule has 0 aliphatic rings. The lowest BCUT2D eigenvalue weighted by atomic mass is 10.1. The summed E-state index contributed by atoms with van der Waals surface area (Å²) in [6, 6.07) is 20.7. The lowest BCUT2D eigenvalue weighted by Crippen LogP contribution is -2.22. The normalized spacial score (nSPS) is 11.5. The van der Waals surface area contributed by atoms with Gasteiger partial charge >= 0.3 is 0 Å². The fraction of sp³-hybridized carbons (Fsp3) is 0.111. The second kappa shape index (κ2) is 8.69. The van der Waals surface area contributed by atoms with Crippen molar-refractivity contribution in [2.45, 2.75) is 12.1 Å². The summed E-state index contributed by atoms with van der Waals surface area (Å²) < 4.78 is 8.91. The molecule has 0 atom stereocenters. The van der Waals surface area contributed by atoms with Crippen LogP contribution in [-0.4, -0.2) is 42.8 Å². The Balaban J connectivity index is 1.49. The topological polar surface area (TPSA) is 94.3 Å². The van der Waals surface area contributed by atoms with Crippen LogP contribution in [0.15, 0.2) is 82.9 Å². The zero-order valence-corrected chi connectivity index (χ0v) is 20.4. The number of methoxy groups -OCH3 is 1. The maximum Gasteiger partial charge on any atom is 0.267 e. The quantitative estimate of drug-likeness (QED) is 0.263. The molecule has 0 radical (unpaired) electrons. The van der Waals surface area contributed by atoms with Crippen molar-refractivity contribution in [1.29, 1.82) is 0 Å². The van der Waals surface area contributed by atoms with E-state index in [9.17, 15) is 9.59 Å². The van der Waals surface area contributed by atoms with Gasteiger partial charge in [-0.25, -0.2) is 4.57 Å². The van der Waals surface area contributed by atoms with Crippen molar-refractivity contribution in [2.75, 3.05) is 12.9 Å². The molecule has 0 spiro atoms. The number of fused-ring (bicyclic) bond motifs is 4. The first-order chi connectivity index (χ1) is 17.6. The van der Waals surface area contributed by atoms with E-state index in [0.717, 1.165) is 16.5 Å². The summed E-state index contributed by atoms with van der Waals surface area (Å²) in [5, 5.41) is 10.7.